The molecule has 0 bridgehead atoms. The van der Waals surface area contributed by atoms with E-state index in [9.17, 15) is 38.4 Å². The Morgan fingerprint density at radius 1 is 0.491 bits per heavy atom. The lowest BCUT2D eigenvalue weighted by molar-refractivity contribution is -0.168. The van der Waals surface area contributed by atoms with Crippen molar-refractivity contribution in [2.24, 2.45) is 11.8 Å². The lowest BCUT2D eigenvalue weighted by atomic mass is 10.0. The second-order valence-electron chi connectivity index (χ2n) is 28.0. The van der Waals surface area contributed by atoms with Crippen LogP contribution in [0.2, 0.25) is 0 Å². The Labute approximate surface area is 663 Å². The predicted octanol–water partition coefficient (Wildman–Crippen LogP) is 12.2. The molecule has 37 nitrogen and oxygen atoms in total. The predicted molar refractivity (Wildman–Crippen MR) is 416 cm³/mol. The van der Waals surface area contributed by atoms with Gasteiger partial charge in [0.2, 0.25) is 6.29 Å². The number of rotatable bonds is 28. The van der Waals surface area contributed by atoms with Crippen LogP contribution in [0.3, 0.4) is 0 Å². The highest BCUT2D eigenvalue weighted by atomic mass is 16.7. The van der Waals surface area contributed by atoms with Crippen LogP contribution < -0.4 is 21.3 Å². The number of aromatic nitrogens is 15. The van der Waals surface area contributed by atoms with Gasteiger partial charge in [0.25, 0.3) is 23.6 Å². The summed E-state index contributed by atoms with van der Waals surface area (Å²) in [5, 5.41) is 36.9. The lowest BCUT2D eigenvalue weighted by Gasteiger charge is -2.24. The maximum Gasteiger partial charge on any atom is 0.437 e. The molecule has 116 heavy (non-hydrogen) atoms. The number of amides is 4. The summed E-state index contributed by atoms with van der Waals surface area (Å²) in [6, 6.07) is 24.9. The standard InChI is InChI=1S/C29H35N7O6.C26H28N6O7.C24H24N6O5/c1-18(2)24(33-28(39)42-29(3,4)5)27(38)36-16-19(15-31-36)22-10-11-23(41-22)26(37)32-21-17-35(13-14-40-6)34-25(21)20-9-7-8-12-30-20;1-16(2)25(34)37-17(3)38-26(35)32-14-18(13-28-32)21-8-9-22(39-21)24(33)29-20-15-31(11-12-36-4)30-23(20)19-7-5-6-10-27-19;1-24(8-9-24)35-23(32)30-14-16(13-26-30)19-6-7-20(34-19)22(31)27-18-15-29(11-12-33-2)28-21(18)17-5-3-4-10-25-17/h7-12,15-18,24H,13-14H2,1-6H3,(H,32,37)(H,33,39);5-10,13-17H,11-12H2,1-4H3,(H,29,33);3-7,10,13-15H,8-9,11-12H2,1-2H3,(H,27,31)/t24-;;/m0../s1. The topological polar surface area (TPSA) is 434 Å². The van der Waals surface area contributed by atoms with E-state index in [0.717, 1.165) is 26.9 Å². The molecule has 1 unspecified atom stereocenters. The van der Waals surface area contributed by atoms with Crippen molar-refractivity contribution in [3.05, 3.63) is 183 Å². The highest BCUT2D eigenvalue weighted by Crippen LogP contribution is 2.39. The average molecular weight is 1590 g/mol. The smallest absolute Gasteiger partial charge is 0.437 e. The Balaban J connectivity index is 0.000000172. The highest BCUT2D eigenvalue weighted by molar-refractivity contribution is 6.06. The van der Waals surface area contributed by atoms with Crippen molar-refractivity contribution < 1.29 is 84.8 Å². The first kappa shape index (κ1) is 83.1. The zero-order valence-electron chi connectivity index (χ0n) is 65.6. The second-order valence-corrected chi connectivity index (χ2v) is 28.0. The molecule has 4 amide bonds. The lowest BCUT2D eigenvalue weighted by Crippen LogP contribution is -2.48. The van der Waals surface area contributed by atoms with Crippen molar-refractivity contribution in [1.29, 1.82) is 0 Å². The normalized spacial score (nSPS) is 12.6. The average Bonchev–Trinajstić information content (AvgIpc) is 1.67. The number of furan rings is 3. The molecule has 1 fully saturated rings. The molecule has 4 N–H and O–H groups in total. The van der Waals surface area contributed by atoms with Gasteiger partial charge in [-0.2, -0.15) is 40.0 Å². The molecular formula is C79H87N19O18. The summed E-state index contributed by atoms with van der Waals surface area (Å²) in [5.74, 6) is -1.76. The van der Waals surface area contributed by atoms with Crippen LogP contribution in [0.4, 0.5) is 31.4 Å². The maximum atomic E-state index is 13.2. The molecule has 0 saturated heterocycles. The maximum absolute atomic E-state index is 13.2. The molecule has 12 aromatic heterocycles. The number of alkyl carbamates (subject to hydrolysis) is 1. The third-order valence-electron chi connectivity index (χ3n) is 16.9. The van der Waals surface area contributed by atoms with Gasteiger partial charge in [-0.05, 0) is 119 Å². The highest BCUT2D eigenvalue weighted by Gasteiger charge is 2.42. The monoisotopic (exact) mass is 1590 g/mol. The number of anilines is 3. The number of methoxy groups -OCH3 is 3. The number of nitrogens with zero attached hydrogens (tertiary/aromatic N) is 15. The van der Waals surface area contributed by atoms with Crippen molar-refractivity contribution in [3.8, 4) is 68.1 Å². The molecule has 0 aliphatic heterocycles. The van der Waals surface area contributed by atoms with Gasteiger partial charge in [-0.3, -0.25) is 53.0 Å². The van der Waals surface area contributed by atoms with Gasteiger partial charge in [0.15, 0.2) is 17.3 Å². The minimum absolute atomic E-state index is 0.0335. The molecule has 12 aromatic rings. The van der Waals surface area contributed by atoms with E-state index in [1.807, 2.05) is 51.1 Å². The van der Waals surface area contributed by atoms with E-state index in [0.29, 0.717) is 125 Å². The molecule has 1 aliphatic carbocycles. The Hall–Kier alpha value is -13.8. The molecule has 1 saturated carbocycles. The van der Waals surface area contributed by atoms with Crippen molar-refractivity contribution in [2.75, 3.05) is 57.1 Å². The van der Waals surface area contributed by atoms with Gasteiger partial charge >= 0.3 is 24.2 Å². The summed E-state index contributed by atoms with van der Waals surface area (Å²) < 4.78 is 61.7. The quantitative estimate of drug-likeness (QED) is 0.0201. The van der Waals surface area contributed by atoms with Crippen LogP contribution in [0.1, 0.15) is 112 Å². The summed E-state index contributed by atoms with van der Waals surface area (Å²) in [6.07, 6.45) is 17.3. The number of nitrogens with one attached hydrogen (secondary N) is 4. The molecular weight excluding hydrogens is 1500 g/mol. The first-order valence-corrected chi connectivity index (χ1v) is 36.6. The number of ether oxygens (including phenoxy) is 7. The number of carbonyl (C=O) groups excluding carboxylic acids is 8. The zero-order valence-corrected chi connectivity index (χ0v) is 65.6. The number of carbonyl (C=O) groups is 8. The SMILES string of the molecule is COCCn1cc(NC(=O)c2ccc(-c3cnn(C(=O)OC(C)OC(=O)C(C)C)c3)o2)c(-c2ccccn2)n1.COCCn1cc(NC(=O)c2ccc(-c3cnn(C(=O)OC4(C)CC4)c3)o2)c(-c2ccccn2)n1.COCCn1cc(NC(=O)c2ccc(-c3cnn(C(=O)[C@@H](NC(=O)OC(C)(C)C)C(C)C)c3)o2)c(-c2ccccn2)n1. The molecule has 1 aliphatic rings. The van der Waals surface area contributed by atoms with E-state index < -0.39 is 71.4 Å². The van der Waals surface area contributed by atoms with E-state index in [4.69, 9.17) is 46.4 Å². The molecule has 606 valence electrons. The van der Waals surface area contributed by atoms with E-state index in [1.54, 1.807) is 156 Å². The Morgan fingerprint density at radius 3 is 1.22 bits per heavy atom. The minimum atomic E-state index is -1.09. The number of hydrogen-bond donors (Lipinski definition) is 4. The van der Waals surface area contributed by atoms with Crippen LogP contribution in [0.15, 0.2) is 179 Å². The van der Waals surface area contributed by atoms with E-state index in [-0.39, 0.29) is 29.1 Å². The zero-order chi connectivity index (χ0) is 82.8. The fourth-order valence-electron chi connectivity index (χ4n) is 10.7. The third kappa shape index (κ3) is 22.1. The van der Waals surface area contributed by atoms with Gasteiger partial charge in [-0.25, -0.2) is 19.1 Å². The van der Waals surface area contributed by atoms with Gasteiger partial charge in [0.05, 0.1) is 115 Å². The van der Waals surface area contributed by atoms with Gasteiger partial charge < -0.3 is 67.7 Å². The first-order chi connectivity index (χ1) is 55.6. The Bertz CT molecular complexity index is 5360. The van der Waals surface area contributed by atoms with Crippen LogP contribution >= 0.6 is 0 Å². The van der Waals surface area contributed by atoms with Crippen LogP contribution in [0, 0.1) is 11.8 Å². The van der Waals surface area contributed by atoms with E-state index >= 15 is 0 Å². The molecule has 12 heterocycles. The van der Waals surface area contributed by atoms with Gasteiger partial charge in [-0.15, -0.1) is 0 Å². The van der Waals surface area contributed by atoms with E-state index in [2.05, 4.69) is 66.8 Å². The van der Waals surface area contributed by atoms with Crippen molar-refractivity contribution in [3.63, 3.8) is 0 Å². The largest absolute Gasteiger partial charge is 0.451 e. The molecule has 2 atom stereocenters. The first-order valence-electron chi connectivity index (χ1n) is 36.6. The minimum Gasteiger partial charge on any atom is -0.451 e. The van der Waals surface area contributed by atoms with Crippen molar-refractivity contribution in [2.45, 2.75) is 118 Å². The molecule has 13 rings (SSSR count). The van der Waals surface area contributed by atoms with Gasteiger partial charge in [-0.1, -0.05) is 45.9 Å². The van der Waals surface area contributed by atoms with Crippen LogP contribution in [-0.2, 0) is 57.6 Å². The van der Waals surface area contributed by atoms with Crippen LogP contribution in [0.5, 0.6) is 0 Å². The fraction of sp³-hybridized carbons (Fsp3) is 0.329. The van der Waals surface area contributed by atoms with Gasteiger partial charge in [0.1, 0.15) is 51.6 Å². The van der Waals surface area contributed by atoms with Crippen LogP contribution in [0.25, 0.3) is 68.1 Å². The van der Waals surface area contributed by atoms with Crippen LogP contribution in [-0.4, -0.2) is 186 Å². The molecule has 0 spiro atoms. The summed E-state index contributed by atoms with van der Waals surface area (Å²) in [4.78, 5) is 114. The summed E-state index contributed by atoms with van der Waals surface area (Å²) in [5.41, 5.74) is 5.11. The number of pyridine rings is 3. The Morgan fingerprint density at radius 2 is 0.871 bits per heavy atom. The summed E-state index contributed by atoms with van der Waals surface area (Å²) >= 11 is 0. The fourth-order valence-corrected chi connectivity index (χ4v) is 10.7. The summed E-state index contributed by atoms with van der Waals surface area (Å²) in [7, 11) is 4.81. The number of hydrogen-bond acceptors (Lipinski definition) is 27. The van der Waals surface area contributed by atoms with Crippen molar-refractivity contribution in [1.82, 2.24) is 79.0 Å². The third-order valence-corrected chi connectivity index (χ3v) is 16.9. The number of esters is 1. The molecule has 0 radical (unpaired) electrons. The second kappa shape index (κ2) is 37.7. The molecule has 0 aromatic carbocycles. The Kier molecular flexibility index (Phi) is 27.0. The van der Waals surface area contributed by atoms with Gasteiger partial charge in [0, 0.05) is 84.0 Å². The van der Waals surface area contributed by atoms with Crippen molar-refractivity contribution >= 4 is 64.9 Å². The summed E-state index contributed by atoms with van der Waals surface area (Å²) in [6.45, 7) is 18.4. The van der Waals surface area contributed by atoms with E-state index in [1.165, 1.54) is 56.2 Å². The molecule has 37 heteroatoms.